The van der Waals surface area contributed by atoms with Crippen molar-refractivity contribution in [3.8, 4) is 0 Å². The summed E-state index contributed by atoms with van der Waals surface area (Å²) >= 11 is 5.63. The molecule has 0 saturated heterocycles. The van der Waals surface area contributed by atoms with Gasteiger partial charge in [-0.15, -0.1) is 0 Å². The van der Waals surface area contributed by atoms with Gasteiger partial charge in [-0.1, -0.05) is 29.8 Å². The lowest BCUT2D eigenvalue weighted by Crippen LogP contribution is -2.09. The Morgan fingerprint density at radius 2 is 1.84 bits per heavy atom. The van der Waals surface area contributed by atoms with Crippen LogP contribution in [-0.2, 0) is 6.42 Å². The molecule has 2 N–H and O–H groups in total. The summed E-state index contributed by atoms with van der Waals surface area (Å²) in [7, 11) is 0. The summed E-state index contributed by atoms with van der Waals surface area (Å²) < 4.78 is 26.9. The van der Waals surface area contributed by atoms with Gasteiger partial charge in [0.2, 0.25) is 0 Å². The lowest BCUT2D eigenvalue weighted by Gasteiger charge is -2.07. The highest BCUT2D eigenvalue weighted by atomic mass is 35.5. The Bertz CT molecular complexity index is 643. The maximum Gasteiger partial charge on any atom is 0.169 e. The molecule has 0 radical (unpaired) electrons. The van der Waals surface area contributed by atoms with Crippen molar-refractivity contribution in [2.75, 3.05) is 5.73 Å². The molecule has 0 amide bonds. The van der Waals surface area contributed by atoms with Gasteiger partial charge in [0.05, 0.1) is 10.7 Å². The first-order chi connectivity index (χ1) is 9.00. The van der Waals surface area contributed by atoms with E-state index in [1.807, 2.05) is 0 Å². The van der Waals surface area contributed by atoms with Crippen molar-refractivity contribution in [1.29, 1.82) is 0 Å². The Morgan fingerprint density at radius 3 is 2.58 bits per heavy atom. The van der Waals surface area contributed by atoms with Gasteiger partial charge in [-0.2, -0.15) is 0 Å². The molecule has 0 fully saturated rings. The summed E-state index contributed by atoms with van der Waals surface area (Å²) in [6.07, 6.45) is -0.222. The zero-order chi connectivity index (χ0) is 14.0. The van der Waals surface area contributed by atoms with Gasteiger partial charge in [-0.3, -0.25) is 4.79 Å². The topological polar surface area (TPSA) is 43.1 Å². The van der Waals surface area contributed by atoms with Crippen molar-refractivity contribution in [3.63, 3.8) is 0 Å². The first-order valence-electron chi connectivity index (χ1n) is 5.50. The van der Waals surface area contributed by atoms with E-state index >= 15 is 0 Å². The largest absolute Gasteiger partial charge is 0.396 e. The molecule has 2 aromatic carbocycles. The molecule has 0 aromatic heterocycles. The Balaban J connectivity index is 2.31. The third-order valence-electron chi connectivity index (χ3n) is 2.74. The van der Waals surface area contributed by atoms with Gasteiger partial charge in [-0.05, 0) is 23.8 Å². The van der Waals surface area contributed by atoms with Crippen molar-refractivity contribution < 1.29 is 13.6 Å². The number of halogens is 3. The molecule has 5 heteroatoms. The number of anilines is 1. The summed E-state index contributed by atoms with van der Waals surface area (Å²) in [5, 5.41) is -0.0579. The normalized spacial score (nSPS) is 10.5. The van der Waals surface area contributed by atoms with Crippen LogP contribution in [0.5, 0.6) is 0 Å². The molecule has 0 spiro atoms. The summed E-state index contributed by atoms with van der Waals surface area (Å²) in [4.78, 5) is 12.0. The van der Waals surface area contributed by atoms with Gasteiger partial charge >= 0.3 is 0 Å². The molecule has 0 unspecified atom stereocenters. The first-order valence-corrected chi connectivity index (χ1v) is 5.88. The van der Waals surface area contributed by atoms with Crippen LogP contribution >= 0.6 is 11.6 Å². The van der Waals surface area contributed by atoms with Crippen molar-refractivity contribution in [2.45, 2.75) is 6.42 Å². The van der Waals surface area contributed by atoms with E-state index in [1.54, 1.807) is 6.07 Å². The fourth-order valence-corrected chi connectivity index (χ4v) is 1.93. The molecule has 0 aliphatic carbocycles. The van der Waals surface area contributed by atoms with Gasteiger partial charge in [0, 0.05) is 12.0 Å². The number of benzene rings is 2. The molecule has 0 heterocycles. The number of nitrogen functional groups attached to an aromatic ring is 1. The first kappa shape index (κ1) is 13.5. The van der Waals surface area contributed by atoms with Gasteiger partial charge in [-0.25, -0.2) is 8.78 Å². The van der Waals surface area contributed by atoms with E-state index in [0.29, 0.717) is 0 Å². The van der Waals surface area contributed by atoms with Crippen LogP contribution in [0, 0.1) is 11.6 Å². The fourth-order valence-electron chi connectivity index (χ4n) is 1.73. The van der Waals surface area contributed by atoms with E-state index in [2.05, 4.69) is 0 Å². The van der Waals surface area contributed by atoms with Crippen molar-refractivity contribution in [1.82, 2.24) is 0 Å². The second kappa shape index (κ2) is 5.36. The molecule has 2 aromatic rings. The molecule has 2 rings (SSSR count). The predicted octanol–water partition coefficient (Wildman–Crippen LogP) is 3.63. The smallest absolute Gasteiger partial charge is 0.169 e. The molecule has 0 aliphatic rings. The standard InChI is InChI=1S/C14H10ClF2NO/c15-10-5-1-3-8(13(10)17)7-12(19)9-4-2-6-11(16)14(9)18/h1-6H,7,18H2. The minimum atomic E-state index is -0.669. The number of hydrogen-bond donors (Lipinski definition) is 1. The fraction of sp³-hybridized carbons (Fsp3) is 0.0714. The molecule has 0 saturated carbocycles. The molecule has 2 nitrogen and oxygen atoms in total. The van der Waals surface area contributed by atoms with E-state index in [0.717, 1.165) is 6.07 Å². The number of carbonyl (C=O) groups is 1. The quantitative estimate of drug-likeness (QED) is 0.690. The van der Waals surface area contributed by atoms with Gasteiger partial charge in [0.1, 0.15) is 11.6 Å². The average Bonchev–Trinajstić information content (AvgIpc) is 2.38. The zero-order valence-electron chi connectivity index (χ0n) is 9.79. The lowest BCUT2D eigenvalue weighted by atomic mass is 10.0. The molecule has 0 bridgehead atoms. The SMILES string of the molecule is Nc1c(F)cccc1C(=O)Cc1cccc(Cl)c1F. The number of para-hydroxylation sites is 1. The minimum absolute atomic E-state index is 0.0411. The van der Waals surface area contributed by atoms with Crippen LogP contribution in [0.25, 0.3) is 0 Å². The third kappa shape index (κ3) is 2.74. The summed E-state index contributed by atoms with van der Waals surface area (Å²) in [5.41, 5.74) is 5.46. The molecule has 98 valence electrons. The second-order valence-electron chi connectivity index (χ2n) is 4.01. The van der Waals surface area contributed by atoms with Crippen LogP contribution in [0.15, 0.2) is 36.4 Å². The van der Waals surface area contributed by atoms with E-state index in [1.165, 1.54) is 24.3 Å². The number of hydrogen-bond acceptors (Lipinski definition) is 2. The highest BCUT2D eigenvalue weighted by Gasteiger charge is 2.16. The van der Waals surface area contributed by atoms with Gasteiger partial charge in [0.25, 0.3) is 0 Å². The minimum Gasteiger partial charge on any atom is -0.396 e. The van der Waals surface area contributed by atoms with Crippen molar-refractivity contribution in [2.24, 2.45) is 0 Å². The van der Waals surface area contributed by atoms with Crippen LogP contribution < -0.4 is 5.73 Å². The van der Waals surface area contributed by atoms with Crippen LogP contribution in [0.3, 0.4) is 0 Å². The van der Waals surface area contributed by atoms with Crippen molar-refractivity contribution in [3.05, 3.63) is 64.2 Å². The monoisotopic (exact) mass is 281 g/mol. The maximum absolute atomic E-state index is 13.7. The van der Waals surface area contributed by atoms with Crippen LogP contribution in [-0.4, -0.2) is 5.78 Å². The number of nitrogens with two attached hydrogens (primary N) is 1. The highest BCUT2D eigenvalue weighted by Crippen LogP contribution is 2.22. The van der Waals surface area contributed by atoms with Crippen LogP contribution in [0.1, 0.15) is 15.9 Å². The number of Topliss-reactive ketones (excluding diaryl/α,β-unsaturated/α-hetero) is 1. The van der Waals surface area contributed by atoms with E-state index in [-0.39, 0.29) is 28.3 Å². The molecule has 0 atom stereocenters. The highest BCUT2D eigenvalue weighted by molar-refractivity contribution is 6.30. The van der Waals surface area contributed by atoms with Crippen LogP contribution in [0.4, 0.5) is 14.5 Å². The Labute approximate surface area is 113 Å². The molecular formula is C14H10ClF2NO. The van der Waals surface area contributed by atoms with E-state index in [9.17, 15) is 13.6 Å². The third-order valence-corrected chi connectivity index (χ3v) is 3.03. The van der Waals surface area contributed by atoms with Crippen LogP contribution in [0.2, 0.25) is 5.02 Å². The number of rotatable bonds is 3. The van der Waals surface area contributed by atoms with E-state index in [4.69, 9.17) is 17.3 Å². The molecular weight excluding hydrogens is 272 g/mol. The Hall–Kier alpha value is -1.94. The Morgan fingerprint density at radius 1 is 1.16 bits per heavy atom. The molecule has 19 heavy (non-hydrogen) atoms. The summed E-state index contributed by atoms with van der Waals surface area (Å²) in [6.45, 7) is 0. The van der Waals surface area contributed by atoms with Gasteiger partial charge < -0.3 is 5.73 Å². The average molecular weight is 282 g/mol. The second-order valence-corrected chi connectivity index (χ2v) is 4.42. The Kier molecular flexibility index (Phi) is 3.81. The van der Waals surface area contributed by atoms with E-state index < -0.39 is 17.4 Å². The summed E-state index contributed by atoms with van der Waals surface area (Å²) in [5.74, 6) is -1.77. The number of ketones is 1. The predicted molar refractivity (Wildman–Crippen MR) is 70.3 cm³/mol. The molecule has 0 aliphatic heterocycles. The summed E-state index contributed by atoms with van der Waals surface area (Å²) in [6, 6.07) is 8.33. The maximum atomic E-state index is 13.7. The van der Waals surface area contributed by atoms with Gasteiger partial charge in [0.15, 0.2) is 5.78 Å². The zero-order valence-corrected chi connectivity index (χ0v) is 10.5. The lowest BCUT2D eigenvalue weighted by molar-refractivity contribution is 0.0992. The van der Waals surface area contributed by atoms with Crippen molar-refractivity contribution >= 4 is 23.1 Å². The number of carbonyl (C=O) groups excluding carboxylic acids is 1.